The highest BCUT2D eigenvalue weighted by Crippen LogP contribution is 2.24. The number of nitrogens with one attached hydrogen (secondary N) is 1. The molecule has 0 radical (unpaired) electrons. The van der Waals surface area contributed by atoms with Gasteiger partial charge in [-0.25, -0.2) is 12.7 Å². The van der Waals surface area contributed by atoms with Crippen molar-refractivity contribution in [1.29, 1.82) is 0 Å². The zero-order chi connectivity index (χ0) is 13.1. The van der Waals surface area contributed by atoms with E-state index in [-0.39, 0.29) is 0 Å². The zero-order valence-electron chi connectivity index (χ0n) is 10.7. The number of sulfonamides is 1. The lowest BCUT2D eigenvalue weighted by atomic mass is 10.2. The fraction of sp³-hybridized carbons (Fsp3) is 0.636. The minimum absolute atomic E-state index is 0.321. The van der Waals surface area contributed by atoms with Gasteiger partial charge in [0, 0.05) is 25.0 Å². The van der Waals surface area contributed by atoms with E-state index in [0.29, 0.717) is 23.9 Å². The third-order valence-corrected chi connectivity index (χ3v) is 5.31. The molecule has 0 aliphatic rings. The Bertz CT molecular complexity index is 452. The number of rotatable bonds is 6. The molecular weight excluding hydrogens is 256 g/mol. The van der Waals surface area contributed by atoms with Gasteiger partial charge in [0.1, 0.15) is 0 Å². The molecule has 1 N–H and O–H groups in total. The van der Waals surface area contributed by atoms with Crippen LogP contribution in [0.2, 0.25) is 0 Å². The molecule has 0 aromatic carbocycles. The Balaban J connectivity index is 3.00. The summed E-state index contributed by atoms with van der Waals surface area (Å²) < 4.78 is 26.1. The third-order valence-electron chi connectivity index (χ3n) is 2.35. The molecule has 0 unspecified atom stereocenters. The van der Waals surface area contributed by atoms with Crippen LogP contribution in [-0.2, 0) is 16.6 Å². The van der Waals surface area contributed by atoms with Crippen molar-refractivity contribution in [3.8, 4) is 0 Å². The molecule has 0 fully saturated rings. The van der Waals surface area contributed by atoms with E-state index < -0.39 is 10.0 Å². The van der Waals surface area contributed by atoms with Crippen LogP contribution in [0.15, 0.2) is 16.3 Å². The molecule has 1 aromatic heterocycles. The predicted octanol–water partition coefficient (Wildman–Crippen LogP) is 1.74. The fourth-order valence-electron chi connectivity index (χ4n) is 1.63. The van der Waals surface area contributed by atoms with Gasteiger partial charge in [0.2, 0.25) is 10.0 Å². The summed E-state index contributed by atoms with van der Waals surface area (Å²) >= 11 is 1.47. The first-order valence-electron chi connectivity index (χ1n) is 5.57. The van der Waals surface area contributed by atoms with Crippen molar-refractivity contribution in [3.63, 3.8) is 0 Å². The largest absolute Gasteiger partial charge is 0.315 e. The molecule has 0 atom stereocenters. The van der Waals surface area contributed by atoms with Gasteiger partial charge >= 0.3 is 0 Å². The molecule has 17 heavy (non-hydrogen) atoms. The van der Waals surface area contributed by atoms with Crippen LogP contribution in [0.25, 0.3) is 0 Å². The van der Waals surface area contributed by atoms with Gasteiger partial charge < -0.3 is 5.32 Å². The standard InChI is InChI=1S/C11H20N2O2S2/c1-9(2)8-13(4)17(14,15)11-5-6-16-10(11)7-12-3/h5-6,9,12H,7-8H2,1-4H3. The Morgan fingerprint density at radius 3 is 2.65 bits per heavy atom. The second-order valence-corrected chi connectivity index (χ2v) is 7.43. The van der Waals surface area contributed by atoms with Gasteiger partial charge in [0.05, 0.1) is 4.90 Å². The Labute approximate surface area is 108 Å². The topological polar surface area (TPSA) is 49.4 Å². The first kappa shape index (κ1) is 14.6. The van der Waals surface area contributed by atoms with Gasteiger partial charge in [-0.3, -0.25) is 0 Å². The van der Waals surface area contributed by atoms with Crippen LogP contribution in [0.3, 0.4) is 0 Å². The number of nitrogens with zero attached hydrogens (tertiary/aromatic N) is 1. The molecule has 0 saturated heterocycles. The highest BCUT2D eigenvalue weighted by Gasteiger charge is 2.24. The van der Waals surface area contributed by atoms with E-state index in [1.165, 1.54) is 15.6 Å². The molecule has 0 aliphatic heterocycles. The molecule has 1 rings (SSSR count). The zero-order valence-corrected chi connectivity index (χ0v) is 12.4. The molecule has 6 heteroatoms. The molecule has 1 aromatic rings. The Morgan fingerprint density at radius 1 is 1.47 bits per heavy atom. The van der Waals surface area contributed by atoms with Crippen molar-refractivity contribution in [2.45, 2.75) is 25.3 Å². The first-order chi connectivity index (χ1) is 7.89. The lowest BCUT2D eigenvalue weighted by molar-refractivity contribution is 0.417. The number of hydrogen-bond donors (Lipinski definition) is 1. The lowest BCUT2D eigenvalue weighted by Crippen LogP contribution is -2.30. The maximum Gasteiger partial charge on any atom is 0.243 e. The third kappa shape index (κ3) is 3.51. The average Bonchev–Trinajstić information content (AvgIpc) is 2.66. The highest BCUT2D eigenvalue weighted by molar-refractivity contribution is 7.89. The van der Waals surface area contributed by atoms with Gasteiger partial charge in [0.15, 0.2) is 0 Å². The maximum absolute atomic E-state index is 12.3. The second kappa shape index (κ2) is 5.95. The van der Waals surface area contributed by atoms with Gasteiger partial charge in [0.25, 0.3) is 0 Å². The van der Waals surface area contributed by atoms with Crippen LogP contribution < -0.4 is 5.32 Å². The van der Waals surface area contributed by atoms with E-state index in [2.05, 4.69) is 5.32 Å². The smallest absolute Gasteiger partial charge is 0.243 e. The Morgan fingerprint density at radius 2 is 2.12 bits per heavy atom. The summed E-state index contributed by atoms with van der Waals surface area (Å²) in [5.41, 5.74) is 0. The Kier molecular flexibility index (Phi) is 5.12. The summed E-state index contributed by atoms with van der Waals surface area (Å²) in [5, 5.41) is 4.81. The van der Waals surface area contributed by atoms with Gasteiger partial charge in [-0.15, -0.1) is 11.3 Å². The predicted molar refractivity (Wildman–Crippen MR) is 71.7 cm³/mol. The average molecular weight is 276 g/mol. The summed E-state index contributed by atoms with van der Waals surface area (Å²) in [7, 11) is 0.109. The molecule has 0 amide bonds. The lowest BCUT2D eigenvalue weighted by Gasteiger charge is -2.19. The van der Waals surface area contributed by atoms with Crippen molar-refractivity contribution in [2.24, 2.45) is 5.92 Å². The van der Waals surface area contributed by atoms with Gasteiger partial charge in [-0.1, -0.05) is 13.8 Å². The highest BCUT2D eigenvalue weighted by atomic mass is 32.2. The molecule has 0 spiro atoms. The minimum atomic E-state index is -3.34. The summed E-state index contributed by atoms with van der Waals surface area (Å²) in [6.45, 7) is 5.14. The summed E-state index contributed by atoms with van der Waals surface area (Å²) in [4.78, 5) is 1.29. The monoisotopic (exact) mass is 276 g/mol. The molecule has 98 valence electrons. The van der Waals surface area contributed by atoms with Crippen LogP contribution in [0.1, 0.15) is 18.7 Å². The summed E-state index contributed by atoms with van der Waals surface area (Å²) in [6, 6.07) is 1.68. The maximum atomic E-state index is 12.3. The minimum Gasteiger partial charge on any atom is -0.315 e. The fourth-order valence-corrected chi connectivity index (χ4v) is 4.39. The van der Waals surface area contributed by atoms with Crippen molar-refractivity contribution >= 4 is 21.4 Å². The van der Waals surface area contributed by atoms with Crippen molar-refractivity contribution in [1.82, 2.24) is 9.62 Å². The SMILES string of the molecule is CNCc1sccc1S(=O)(=O)N(C)CC(C)C. The van der Waals surface area contributed by atoms with Crippen LogP contribution in [0, 0.1) is 5.92 Å². The molecule has 0 saturated carbocycles. The number of hydrogen-bond acceptors (Lipinski definition) is 4. The quantitative estimate of drug-likeness (QED) is 0.861. The van der Waals surface area contributed by atoms with Crippen LogP contribution >= 0.6 is 11.3 Å². The van der Waals surface area contributed by atoms with Crippen LogP contribution in [-0.4, -0.2) is 33.4 Å². The van der Waals surface area contributed by atoms with Crippen LogP contribution in [0.4, 0.5) is 0 Å². The van der Waals surface area contributed by atoms with E-state index in [0.717, 1.165) is 4.88 Å². The molecule has 0 aliphatic carbocycles. The second-order valence-electron chi connectivity index (χ2n) is 4.42. The Hall–Kier alpha value is -0.430. The first-order valence-corrected chi connectivity index (χ1v) is 7.89. The number of thiophene rings is 1. The van der Waals surface area contributed by atoms with E-state index in [4.69, 9.17) is 0 Å². The molecule has 4 nitrogen and oxygen atoms in total. The molecule has 1 heterocycles. The van der Waals surface area contributed by atoms with E-state index >= 15 is 0 Å². The normalized spacial score (nSPS) is 12.6. The van der Waals surface area contributed by atoms with Gasteiger partial charge in [-0.05, 0) is 24.4 Å². The molecular formula is C11H20N2O2S2. The van der Waals surface area contributed by atoms with E-state index in [1.807, 2.05) is 26.3 Å². The molecule has 0 bridgehead atoms. The van der Waals surface area contributed by atoms with Crippen LogP contribution in [0.5, 0.6) is 0 Å². The van der Waals surface area contributed by atoms with Crippen molar-refractivity contribution < 1.29 is 8.42 Å². The summed E-state index contributed by atoms with van der Waals surface area (Å²) in [5.74, 6) is 0.321. The van der Waals surface area contributed by atoms with Gasteiger partial charge in [-0.2, -0.15) is 0 Å². The van der Waals surface area contributed by atoms with E-state index in [1.54, 1.807) is 13.1 Å². The van der Waals surface area contributed by atoms with Crippen molar-refractivity contribution in [2.75, 3.05) is 20.6 Å². The van der Waals surface area contributed by atoms with Crippen molar-refractivity contribution in [3.05, 3.63) is 16.3 Å². The van der Waals surface area contributed by atoms with E-state index in [9.17, 15) is 8.42 Å². The summed E-state index contributed by atoms with van der Waals surface area (Å²) in [6.07, 6.45) is 0.